The van der Waals surface area contributed by atoms with Crippen LogP contribution in [0.1, 0.15) is 13.8 Å². The highest BCUT2D eigenvalue weighted by Gasteiger charge is 2.25. The van der Waals surface area contributed by atoms with Gasteiger partial charge in [-0.15, -0.1) is 0 Å². The summed E-state index contributed by atoms with van der Waals surface area (Å²) in [5.74, 6) is 0.222. The molecule has 1 aromatic carbocycles. The first-order valence-electron chi connectivity index (χ1n) is 5.13. The minimum atomic E-state index is -3.07. The first kappa shape index (κ1) is 16.3. The van der Waals surface area contributed by atoms with Gasteiger partial charge in [-0.05, 0) is 37.6 Å². The molecule has 0 fully saturated rings. The van der Waals surface area contributed by atoms with E-state index in [1.54, 1.807) is 26.0 Å². The average molecular weight is 279 g/mol. The monoisotopic (exact) mass is 278 g/mol. The number of carbonyl (C=O) groups excluding carboxylic acids is 1. The summed E-state index contributed by atoms with van der Waals surface area (Å²) in [6.07, 6.45) is 0. The van der Waals surface area contributed by atoms with Crippen LogP contribution in [0.4, 0.5) is 0 Å². The van der Waals surface area contributed by atoms with Crippen LogP contribution in [0.25, 0.3) is 0 Å². The average Bonchev–Trinajstić information content (AvgIpc) is 2.32. The third-order valence-electron chi connectivity index (χ3n) is 1.67. The van der Waals surface area contributed by atoms with Crippen molar-refractivity contribution in [3.05, 3.63) is 30.3 Å². The van der Waals surface area contributed by atoms with E-state index in [0.717, 1.165) is 0 Å². The van der Waals surface area contributed by atoms with E-state index in [4.69, 9.17) is 13.8 Å². The fraction of sp³-hybridized carbons (Fsp3) is 0.364. The molecule has 0 radical (unpaired) electrons. The Kier molecular flexibility index (Phi) is 9.00. The minimum absolute atomic E-state index is 0.222. The molecular formula is C11H16ClO4P. The first-order chi connectivity index (χ1) is 8.14. The Bertz CT molecular complexity index is 346. The van der Waals surface area contributed by atoms with E-state index in [1.807, 2.05) is 18.2 Å². The molecule has 0 aliphatic carbocycles. The summed E-state index contributed by atoms with van der Waals surface area (Å²) in [5, 5.41) is 0.615. The maximum absolute atomic E-state index is 12.2. The van der Waals surface area contributed by atoms with Gasteiger partial charge in [-0.3, -0.25) is 9.36 Å². The highest BCUT2D eigenvalue weighted by atomic mass is 35.5. The van der Waals surface area contributed by atoms with Crippen molar-refractivity contribution in [2.24, 2.45) is 0 Å². The van der Waals surface area contributed by atoms with E-state index in [2.05, 4.69) is 11.6 Å². The molecule has 0 saturated carbocycles. The van der Waals surface area contributed by atoms with Crippen LogP contribution in [0.3, 0.4) is 0 Å². The number of rotatable bonds is 5. The second-order valence-electron chi connectivity index (χ2n) is 2.76. The Morgan fingerprint density at radius 3 is 1.94 bits per heavy atom. The maximum Gasteiger partial charge on any atom is 0.361 e. The third kappa shape index (κ3) is 5.99. The van der Waals surface area contributed by atoms with Crippen LogP contribution in [0.5, 0.6) is 0 Å². The SMILES string of the molecule is CCOP(=O)(OCC)c1ccccc1.O=CCl. The summed E-state index contributed by atoms with van der Waals surface area (Å²) in [5.41, 5.74) is 0. The van der Waals surface area contributed by atoms with Gasteiger partial charge < -0.3 is 9.05 Å². The van der Waals surface area contributed by atoms with Gasteiger partial charge in [0.05, 0.1) is 18.5 Å². The molecule has 0 heterocycles. The molecule has 0 spiro atoms. The Morgan fingerprint density at radius 1 is 1.18 bits per heavy atom. The van der Waals surface area contributed by atoms with Gasteiger partial charge >= 0.3 is 7.60 Å². The van der Waals surface area contributed by atoms with E-state index >= 15 is 0 Å². The number of carbonyl (C=O) groups is 1. The molecule has 0 unspecified atom stereocenters. The van der Waals surface area contributed by atoms with E-state index in [9.17, 15) is 4.57 Å². The standard InChI is InChI=1S/C10H15O3P.CHClO/c1-3-12-14(11,13-4-2)10-8-6-5-7-9-10;2-1-3/h5-9H,3-4H2,1-2H3;1H. The van der Waals surface area contributed by atoms with Gasteiger partial charge in [-0.2, -0.15) is 0 Å². The molecule has 0 N–H and O–H groups in total. The van der Waals surface area contributed by atoms with E-state index < -0.39 is 7.60 Å². The summed E-state index contributed by atoms with van der Waals surface area (Å²) >= 11 is 4.32. The van der Waals surface area contributed by atoms with Gasteiger partial charge in [0.2, 0.25) is 5.75 Å². The molecule has 0 aliphatic rings. The zero-order chi connectivity index (χ0) is 13.1. The number of hydrogen-bond donors (Lipinski definition) is 0. The van der Waals surface area contributed by atoms with Crippen LogP contribution in [-0.4, -0.2) is 19.0 Å². The molecule has 0 aliphatic heterocycles. The lowest BCUT2D eigenvalue weighted by Gasteiger charge is -2.16. The minimum Gasteiger partial charge on any atom is -0.305 e. The van der Waals surface area contributed by atoms with Crippen molar-refractivity contribution in [2.75, 3.05) is 13.2 Å². The molecule has 17 heavy (non-hydrogen) atoms. The molecular weight excluding hydrogens is 263 g/mol. The van der Waals surface area contributed by atoms with Gasteiger partial charge in [-0.1, -0.05) is 18.2 Å². The third-order valence-corrected chi connectivity index (χ3v) is 3.80. The second-order valence-corrected chi connectivity index (χ2v) is 4.96. The van der Waals surface area contributed by atoms with Crippen molar-refractivity contribution in [1.29, 1.82) is 0 Å². The highest BCUT2D eigenvalue weighted by Crippen LogP contribution is 2.46. The van der Waals surface area contributed by atoms with Crippen molar-refractivity contribution in [2.45, 2.75) is 13.8 Å². The number of halogens is 1. The maximum atomic E-state index is 12.2. The highest BCUT2D eigenvalue weighted by molar-refractivity contribution is 7.62. The molecule has 0 saturated heterocycles. The van der Waals surface area contributed by atoms with E-state index in [1.165, 1.54) is 0 Å². The van der Waals surface area contributed by atoms with Gasteiger partial charge in [0.1, 0.15) is 0 Å². The van der Waals surface area contributed by atoms with Crippen LogP contribution in [0, 0.1) is 0 Å². The van der Waals surface area contributed by atoms with Crippen LogP contribution >= 0.6 is 19.2 Å². The Labute approximate surface area is 106 Å². The lowest BCUT2D eigenvalue weighted by atomic mass is 10.4. The zero-order valence-electron chi connectivity index (χ0n) is 9.84. The lowest BCUT2D eigenvalue weighted by Crippen LogP contribution is -2.09. The van der Waals surface area contributed by atoms with E-state index in [0.29, 0.717) is 18.5 Å². The molecule has 4 nitrogen and oxygen atoms in total. The molecule has 0 bridgehead atoms. The predicted molar refractivity (Wildman–Crippen MR) is 69.5 cm³/mol. The Hall–Kier alpha value is -0.670. The van der Waals surface area contributed by atoms with Crippen LogP contribution in [0.2, 0.25) is 0 Å². The Balaban J connectivity index is 0.000000770. The van der Waals surface area contributed by atoms with Crippen molar-refractivity contribution in [3.8, 4) is 0 Å². The smallest absolute Gasteiger partial charge is 0.305 e. The van der Waals surface area contributed by atoms with Gasteiger partial charge in [0, 0.05) is 0 Å². The largest absolute Gasteiger partial charge is 0.361 e. The van der Waals surface area contributed by atoms with Gasteiger partial charge in [-0.25, -0.2) is 0 Å². The molecule has 0 atom stereocenters. The van der Waals surface area contributed by atoms with Crippen LogP contribution in [-0.2, 0) is 18.4 Å². The van der Waals surface area contributed by atoms with Crippen molar-refractivity contribution >= 4 is 30.2 Å². The van der Waals surface area contributed by atoms with Gasteiger partial charge in [0.25, 0.3) is 0 Å². The van der Waals surface area contributed by atoms with Crippen LogP contribution < -0.4 is 5.30 Å². The molecule has 6 heteroatoms. The lowest BCUT2D eigenvalue weighted by molar-refractivity contribution is 0.230. The van der Waals surface area contributed by atoms with Crippen molar-refractivity contribution in [3.63, 3.8) is 0 Å². The Morgan fingerprint density at radius 2 is 1.59 bits per heavy atom. The predicted octanol–water partition coefficient (Wildman–Crippen LogP) is 2.99. The van der Waals surface area contributed by atoms with E-state index in [-0.39, 0.29) is 5.75 Å². The summed E-state index contributed by atoms with van der Waals surface area (Å²) in [7, 11) is -3.07. The van der Waals surface area contributed by atoms with Crippen molar-refractivity contribution in [1.82, 2.24) is 0 Å². The summed E-state index contributed by atoms with van der Waals surface area (Å²) in [6.45, 7) is 4.36. The quantitative estimate of drug-likeness (QED) is 0.472. The number of hydrogen-bond acceptors (Lipinski definition) is 4. The fourth-order valence-corrected chi connectivity index (χ4v) is 2.73. The van der Waals surface area contributed by atoms with Gasteiger partial charge in [0.15, 0.2) is 0 Å². The summed E-state index contributed by atoms with van der Waals surface area (Å²) in [6, 6.07) is 9.02. The topological polar surface area (TPSA) is 52.6 Å². The zero-order valence-corrected chi connectivity index (χ0v) is 11.5. The normalized spacial score (nSPS) is 10.3. The van der Waals surface area contributed by atoms with Crippen molar-refractivity contribution < 1.29 is 18.4 Å². The number of benzene rings is 1. The summed E-state index contributed by atoms with van der Waals surface area (Å²) in [4.78, 5) is 8.57. The molecule has 0 amide bonds. The summed E-state index contributed by atoms with van der Waals surface area (Å²) < 4.78 is 22.5. The molecule has 1 rings (SSSR count). The molecule has 1 aromatic rings. The molecule has 0 aromatic heterocycles. The fourth-order valence-electron chi connectivity index (χ4n) is 1.14. The van der Waals surface area contributed by atoms with Crippen LogP contribution in [0.15, 0.2) is 30.3 Å². The molecule has 96 valence electrons. The first-order valence-corrected chi connectivity index (χ1v) is 7.11. The second kappa shape index (κ2) is 9.37.